The predicted octanol–water partition coefficient (Wildman–Crippen LogP) is 2.26. The molecule has 0 fully saturated rings. The number of amides is 2. The highest BCUT2D eigenvalue weighted by molar-refractivity contribution is 8.00. The van der Waals surface area contributed by atoms with E-state index in [0.29, 0.717) is 0 Å². The minimum atomic E-state index is -0.465. The van der Waals surface area contributed by atoms with Crippen molar-refractivity contribution in [3.63, 3.8) is 0 Å². The zero-order valence-electron chi connectivity index (χ0n) is 13.6. The van der Waals surface area contributed by atoms with Crippen LogP contribution in [-0.4, -0.2) is 32.5 Å². The van der Waals surface area contributed by atoms with Crippen molar-refractivity contribution < 1.29 is 9.59 Å². The molecule has 0 atom stereocenters. The predicted molar refractivity (Wildman–Crippen MR) is 97.5 cm³/mol. The molecule has 3 aromatic heterocycles. The molecule has 0 spiro atoms. The van der Waals surface area contributed by atoms with Gasteiger partial charge in [0.2, 0.25) is 5.91 Å². The molecule has 3 aromatic rings. The van der Waals surface area contributed by atoms with E-state index in [2.05, 4.69) is 25.8 Å². The van der Waals surface area contributed by atoms with Crippen LogP contribution in [0.5, 0.6) is 0 Å². The van der Waals surface area contributed by atoms with Gasteiger partial charge in [-0.2, -0.15) is 0 Å². The van der Waals surface area contributed by atoms with E-state index in [0.717, 1.165) is 20.8 Å². The van der Waals surface area contributed by atoms with Gasteiger partial charge in [-0.05, 0) is 31.5 Å². The zero-order valence-corrected chi connectivity index (χ0v) is 15.2. The lowest BCUT2D eigenvalue weighted by Crippen LogP contribution is -2.42. The highest BCUT2D eigenvalue weighted by Gasteiger charge is 2.14. The van der Waals surface area contributed by atoms with Crippen LogP contribution in [0.15, 0.2) is 35.7 Å². The minimum Gasteiger partial charge on any atom is -0.272 e. The Hall–Kier alpha value is -2.52. The largest absolute Gasteiger partial charge is 0.288 e. The van der Waals surface area contributed by atoms with E-state index in [4.69, 9.17) is 0 Å². The Balaban J connectivity index is 1.59. The Labute approximate surface area is 152 Å². The first kappa shape index (κ1) is 17.3. The van der Waals surface area contributed by atoms with Crippen molar-refractivity contribution in [1.29, 1.82) is 0 Å². The zero-order chi connectivity index (χ0) is 17.8. The first-order valence-electron chi connectivity index (χ1n) is 7.40. The van der Waals surface area contributed by atoms with Crippen molar-refractivity contribution in [1.82, 2.24) is 25.8 Å². The molecule has 0 radical (unpaired) electrons. The van der Waals surface area contributed by atoms with Crippen LogP contribution in [-0.2, 0) is 4.79 Å². The van der Waals surface area contributed by atoms with Crippen LogP contribution in [0, 0.1) is 13.8 Å². The number of carbonyl (C=O) groups is 2. The van der Waals surface area contributed by atoms with Crippen molar-refractivity contribution in [2.75, 3.05) is 5.75 Å². The molecule has 0 aliphatic rings. The van der Waals surface area contributed by atoms with Crippen molar-refractivity contribution in [3.05, 3.63) is 46.9 Å². The van der Waals surface area contributed by atoms with Crippen LogP contribution >= 0.6 is 23.1 Å². The van der Waals surface area contributed by atoms with Gasteiger partial charge in [0.1, 0.15) is 21.9 Å². The quantitative estimate of drug-likeness (QED) is 0.414. The summed E-state index contributed by atoms with van der Waals surface area (Å²) in [7, 11) is 0. The highest BCUT2D eigenvalue weighted by atomic mass is 32.2. The summed E-state index contributed by atoms with van der Waals surface area (Å²) in [6.07, 6.45) is 3.01. The third kappa shape index (κ3) is 3.94. The molecule has 0 aliphatic carbocycles. The number of pyridine rings is 1. The number of hydrogen-bond acceptors (Lipinski definition) is 7. The molecule has 0 saturated heterocycles. The van der Waals surface area contributed by atoms with Crippen LogP contribution in [0.2, 0.25) is 0 Å². The smallest absolute Gasteiger partial charge is 0.272 e. The maximum atomic E-state index is 12.0. The van der Waals surface area contributed by atoms with Crippen molar-refractivity contribution in [2.45, 2.75) is 18.9 Å². The molecular weight excluding hydrogens is 358 g/mol. The summed E-state index contributed by atoms with van der Waals surface area (Å²) in [4.78, 5) is 38.4. The normalized spacial score (nSPS) is 10.6. The summed E-state index contributed by atoms with van der Waals surface area (Å²) in [5.74, 6) is -0.665. The fourth-order valence-electron chi connectivity index (χ4n) is 2.12. The van der Waals surface area contributed by atoms with Crippen LogP contribution in [0.3, 0.4) is 0 Å². The monoisotopic (exact) mass is 373 g/mol. The summed E-state index contributed by atoms with van der Waals surface area (Å²) < 4.78 is 0. The average molecular weight is 373 g/mol. The summed E-state index contributed by atoms with van der Waals surface area (Å²) >= 11 is 2.92. The third-order valence-corrected chi connectivity index (χ3v) is 5.59. The number of nitrogens with one attached hydrogen (secondary N) is 2. The molecule has 0 saturated carbocycles. The molecule has 25 heavy (non-hydrogen) atoms. The van der Waals surface area contributed by atoms with Crippen molar-refractivity contribution in [3.8, 4) is 0 Å². The summed E-state index contributed by atoms with van der Waals surface area (Å²) in [6, 6.07) is 4.98. The summed E-state index contributed by atoms with van der Waals surface area (Å²) in [6.45, 7) is 4.06. The molecular formula is C16H15N5O2S2. The number of hydrogen-bond donors (Lipinski definition) is 2. The minimum absolute atomic E-state index is 0.128. The van der Waals surface area contributed by atoms with Gasteiger partial charge < -0.3 is 0 Å². The van der Waals surface area contributed by atoms with Gasteiger partial charge >= 0.3 is 0 Å². The lowest BCUT2D eigenvalue weighted by Gasteiger charge is -2.07. The fraction of sp³-hybridized carbons (Fsp3) is 0.188. The second-order valence-corrected chi connectivity index (χ2v) is 7.32. The maximum Gasteiger partial charge on any atom is 0.288 e. The topological polar surface area (TPSA) is 96.9 Å². The molecule has 0 unspecified atom stereocenters. The molecule has 0 aromatic carbocycles. The lowest BCUT2D eigenvalue weighted by molar-refractivity contribution is -0.119. The molecule has 2 N–H and O–H groups in total. The number of hydrazine groups is 1. The molecule has 128 valence electrons. The Kier molecular flexibility index (Phi) is 5.25. The van der Waals surface area contributed by atoms with E-state index < -0.39 is 5.91 Å². The molecule has 9 heteroatoms. The number of nitrogens with zero attached hydrogens (tertiary/aromatic N) is 3. The van der Waals surface area contributed by atoms with Crippen molar-refractivity contribution in [2.24, 2.45) is 0 Å². The highest BCUT2D eigenvalue weighted by Crippen LogP contribution is 2.34. The second-order valence-electron chi connectivity index (χ2n) is 5.15. The molecule has 7 nitrogen and oxygen atoms in total. The molecule has 0 aliphatic heterocycles. The van der Waals surface area contributed by atoms with Gasteiger partial charge in [0, 0.05) is 16.5 Å². The lowest BCUT2D eigenvalue weighted by atomic mass is 10.2. The molecule has 3 rings (SSSR count). The first-order valence-corrected chi connectivity index (χ1v) is 9.20. The van der Waals surface area contributed by atoms with Gasteiger partial charge in [0.05, 0.1) is 5.75 Å². The SMILES string of the molecule is Cc1sc2ncnc(SCC(=O)NNC(=O)c3ccccn3)c2c1C. The van der Waals surface area contributed by atoms with E-state index in [1.807, 2.05) is 13.8 Å². The standard InChI is InChI=1S/C16H15N5O2S2/c1-9-10(2)25-16-13(9)15(18-8-19-16)24-7-12(22)20-21-14(23)11-5-3-4-6-17-11/h3-6,8H,7H2,1-2H3,(H,20,22)(H,21,23). The van der Waals surface area contributed by atoms with E-state index in [1.165, 1.54) is 29.2 Å². The van der Waals surface area contributed by atoms with Crippen molar-refractivity contribution >= 4 is 45.1 Å². The fourth-order valence-corrected chi connectivity index (χ4v) is 4.03. The number of thioether (sulfide) groups is 1. The summed E-state index contributed by atoms with van der Waals surface area (Å²) in [5.41, 5.74) is 6.09. The number of rotatable bonds is 4. The molecule has 0 bridgehead atoms. The van der Waals surface area contributed by atoms with Gasteiger partial charge in [-0.3, -0.25) is 25.4 Å². The number of aryl methyl sites for hydroxylation is 2. The van der Waals surface area contributed by atoms with Gasteiger partial charge in [0.15, 0.2) is 0 Å². The molecule has 2 amide bonds. The second kappa shape index (κ2) is 7.58. The van der Waals surface area contributed by atoms with Gasteiger partial charge in [-0.1, -0.05) is 17.8 Å². The first-order chi connectivity index (χ1) is 12.1. The Morgan fingerprint density at radius 2 is 2.00 bits per heavy atom. The number of aromatic nitrogens is 3. The van der Waals surface area contributed by atoms with E-state index in [9.17, 15) is 9.59 Å². The number of fused-ring (bicyclic) bond motifs is 1. The van der Waals surface area contributed by atoms with Gasteiger partial charge in [0.25, 0.3) is 5.91 Å². The number of carbonyl (C=O) groups excluding carboxylic acids is 2. The van der Waals surface area contributed by atoms with Gasteiger partial charge in [-0.15, -0.1) is 11.3 Å². The maximum absolute atomic E-state index is 12.0. The number of thiophene rings is 1. The third-order valence-electron chi connectivity index (χ3n) is 3.48. The average Bonchev–Trinajstić information content (AvgIpc) is 2.93. The Morgan fingerprint density at radius 1 is 1.16 bits per heavy atom. The van der Waals surface area contributed by atoms with Crippen LogP contribution in [0.4, 0.5) is 0 Å². The molecule has 3 heterocycles. The Morgan fingerprint density at radius 3 is 2.76 bits per heavy atom. The van der Waals surface area contributed by atoms with Crippen LogP contribution < -0.4 is 10.9 Å². The van der Waals surface area contributed by atoms with E-state index >= 15 is 0 Å². The Bertz CT molecular complexity index is 927. The summed E-state index contributed by atoms with van der Waals surface area (Å²) in [5, 5.41) is 1.75. The van der Waals surface area contributed by atoms with Crippen LogP contribution in [0.1, 0.15) is 20.9 Å². The van der Waals surface area contributed by atoms with Gasteiger partial charge in [-0.25, -0.2) is 9.97 Å². The van der Waals surface area contributed by atoms with E-state index in [-0.39, 0.29) is 17.4 Å². The van der Waals surface area contributed by atoms with E-state index in [1.54, 1.807) is 29.5 Å². The van der Waals surface area contributed by atoms with Crippen LogP contribution in [0.25, 0.3) is 10.2 Å².